The lowest BCUT2D eigenvalue weighted by Gasteiger charge is -2.33. The second kappa shape index (κ2) is 11.1. The lowest BCUT2D eigenvalue weighted by molar-refractivity contribution is -0.133. The van der Waals surface area contributed by atoms with Crippen LogP contribution in [0.5, 0.6) is 6.01 Å². The third-order valence-electron chi connectivity index (χ3n) is 6.79. The van der Waals surface area contributed by atoms with E-state index in [0.717, 1.165) is 60.2 Å². The number of ether oxygens (including phenoxy) is 2. The van der Waals surface area contributed by atoms with Crippen LogP contribution in [0.2, 0.25) is 0 Å². The number of nitrogens with one attached hydrogen (secondary N) is 1. The van der Waals surface area contributed by atoms with Crippen LogP contribution in [0.4, 0.5) is 0 Å². The molecule has 2 aromatic carbocycles. The first-order valence-corrected chi connectivity index (χ1v) is 12.7. The number of aromatic nitrogens is 4. The molecule has 5 rings (SSSR count). The van der Waals surface area contributed by atoms with E-state index >= 15 is 0 Å². The maximum atomic E-state index is 13.1. The summed E-state index contributed by atoms with van der Waals surface area (Å²) in [6.45, 7) is 3.17. The maximum Gasteiger partial charge on any atom is 0.294 e. The first-order valence-electron chi connectivity index (χ1n) is 12.7. The number of para-hydroxylation sites is 4. The smallest absolute Gasteiger partial charge is 0.294 e. The minimum atomic E-state index is -0.412. The zero-order valence-electron chi connectivity index (χ0n) is 20.7. The molecule has 0 bridgehead atoms. The van der Waals surface area contributed by atoms with Gasteiger partial charge < -0.3 is 29.7 Å². The summed E-state index contributed by atoms with van der Waals surface area (Å²) in [6, 6.07) is 16.0. The Hall–Kier alpha value is -3.43. The lowest BCUT2D eigenvalue weighted by atomic mass is 9.96. The van der Waals surface area contributed by atoms with Gasteiger partial charge in [0.2, 0.25) is 5.91 Å². The number of imidazole rings is 2. The van der Waals surface area contributed by atoms with Crippen molar-refractivity contribution in [3.05, 3.63) is 54.4 Å². The minimum absolute atomic E-state index is 0.0578. The fourth-order valence-electron chi connectivity index (χ4n) is 5.02. The number of piperidine rings is 1. The summed E-state index contributed by atoms with van der Waals surface area (Å²) < 4.78 is 13.3. The third kappa shape index (κ3) is 5.37. The maximum absolute atomic E-state index is 13.1. The highest BCUT2D eigenvalue weighted by molar-refractivity contribution is 5.78. The van der Waals surface area contributed by atoms with Crippen molar-refractivity contribution in [2.75, 3.05) is 33.4 Å². The summed E-state index contributed by atoms with van der Waals surface area (Å²) >= 11 is 0. The molecule has 1 aliphatic rings. The van der Waals surface area contributed by atoms with Crippen molar-refractivity contribution in [1.29, 1.82) is 0 Å². The number of benzene rings is 2. The number of fused-ring (bicyclic) bond motifs is 2. The van der Waals surface area contributed by atoms with E-state index in [9.17, 15) is 4.79 Å². The van der Waals surface area contributed by atoms with Gasteiger partial charge in [0.05, 0.1) is 22.1 Å². The van der Waals surface area contributed by atoms with Crippen molar-refractivity contribution >= 4 is 28.0 Å². The van der Waals surface area contributed by atoms with Crippen LogP contribution in [0, 0.1) is 0 Å². The Labute approximate surface area is 210 Å². The predicted octanol–water partition coefficient (Wildman–Crippen LogP) is 3.45. The molecule has 0 spiro atoms. The van der Waals surface area contributed by atoms with Crippen LogP contribution < -0.4 is 10.5 Å². The molecule has 3 N–H and O–H groups in total. The Morgan fingerprint density at radius 1 is 1.17 bits per heavy atom. The second-order valence-electron chi connectivity index (χ2n) is 9.47. The molecular formula is C27H34N6O3. The van der Waals surface area contributed by atoms with E-state index in [-0.39, 0.29) is 24.9 Å². The molecule has 0 saturated carbocycles. The first-order chi connectivity index (χ1) is 17.6. The number of nitrogens with zero attached hydrogens (tertiary/aromatic N) is 4. The summed E-state index contributed by atoms with van der Waals surface area (Å²) in [4.78, 5) is 27.6. The molecule has 0 radical (unpaired) electrons. The van der Waals surface area contributed by atoms with Gasteiger partial charge in [0.25, 0.3) is 6.01 Å². The molecule has 190 valence electrons. The van der Waals surface area contributed by atoms with Gasteiger partial charge in [-0.15, -0.1) is 0 Å². The first kappa shape index (κ1) is 24.3. The zero-order chi connectivity index (χ0) is 24.9. The van der Waals surface area contributed by atoms with Gasteiger partial charge in [0, 0.05) is 51.7 Å². The van der Waals surface area contributed by atoms with Crippen molar-refractivity contribution in [2.45, 2.75) is 44.2 Å². The van der Waals surface area contributed by atoms with Gasteiger partial charge in [-0.05, 0) is 43.5 Å². The van der Waals surface area contributed by atoms with Crippen molar-refractivity contribution in [3.63, 3.8) is 0 Å². The van der Waals surface area contributed by atoms with E-state index in [1.54, 1.807) is 7.11 Å². The molecular weight excluding hydrogens is 456 g/mol. The number of carbonyl (C=O) groups excluding carboxylic acids is 1. The molecule has 36 heavy (non-hydrogen) atoms. The van der Waals surface area contributed by atoms with Crippen LogP contribution in [-0.2, 0) is 16.1 Å². The van der Waals surface area contributed by atoms with Gasteiger partial charge in [-0.25, -0.2) is 4.98 Å². The van der Waals surface area contributed by atoms with Crippen LogP contribution in [0.3, 0.4) is 0 Å². The number of likely N-dealkylation sites (tertiary alicyclic amines) is 1. The van der Waals surface area contributed by atoms with Crippen LogP contribution >= 0.6 is 0 Å². The molecule has 2 atom stereocenters. The Kier molecular flexibility index (Phi) is 7.48. The molecule has 4 aromatic rings. The quantitative estimate of drug-likeness (QED) is 0.330. The van der Waals surface area contributed by atoms with Crippen molar-refractivity contribution < 1.29 is 14.3 Å². The minimum Gasteiger partial charge on any atom is -0.463 e. The van der Waals surface area contributed by atoms with E-state index in [1.807, 2.05) is 41.3 Å². The van der Waals surface area contributed by atoms with Gasteiger partial charge in [-0.2, -0.15) is 4.98 Å². The molecule has 1 fully saturated rings. The van der Waals surface area contributed by atoms with E-state index in [1.165, 1.54) is 0 Å². The van der Waals surface area contributed by atoms with Crippen LogP contribution in [0.15, 0.2) is 48.5 Å². The Bertz CT molecular complexity index is 1280. The predicted molar refractivity (Wildman–Crippen MR) is 139 cm³/mol. The average molecular weight is 491 g/mol. The molecule has 3 heterocycles. The summed E-state index contributed by atoms with van der Waals surface area (Å²) in [6.07, 6.45) is 3.11. The normalized spacial score (nSPS) is 17.1. The van der Waals surface area contributed by atoms with Gasteiger partial charge in [-0.3, -0.25) is 4.79 Å². The van der Waals surface area contributed by atoms with Gasteiger partial charge >= 0.3 is 0 Å². The number of hydrogen-bond donors (Lipinski definition) is 2. The molecule has 2 unspecified atom stereocenters. The van der Waals surface area contributed by atoms with Crippen molar-refractivity contribution in [3.8, 4) is 6.01 Å². The molecule has 9 nitrogen and oxygen atoms in total. The summed E-state index contributed by atoms with van der Waals surface area (Å²) in [5.74, 6) is 1.31. The second-order valence-corrected chi connectivity index (χ2v) is 9.47. The number of carbonyl (C=O) groups is 1. The standard InChI is InChI=1S/C27H34N6O3/c1-35-15-7-14-33-24-12-5-4-11-23(24)29-26(33)19-8-6-13-32(17-19)25(34)16-20(28)18-36-27-30-21-9-2-3-10-22(21)31-27/h2-5,9-12,19-20H,6-8,13-18,28H2,1H3,(H,30,31). The number of H-pyrrole nitrogens is 1. The Morgan fingerprint density at radius 2 is 1.97 bits per heavy atom. The largest absolute Gasteiger partial charge is 0.463 e. The number of nitrogens with two attached hydrogens (primary N) is 1. The van der Waals surface area contributed by atoms with Crippen LogP contribution in [0.25, 0.3) is 22.1 Å². The molecule has 1 saturated heterocycles. The number of rotatable bonds is 10. The van der Waals surface area contributed by atoms with E-state index in [2.05, 4.69) is 26.7 Å². The van der Waals surface area contributed by atoms with Gasteiger partial charge in [-0.1, -0.05) is 24.3 Å². The number of methoxy groups -OCH3 is 1. The molecule has 2 aromatic heterocycles. The van der Waals surface area contributed by atoms with Gasteiger partial charge in [0.1, 0.15) is 12.4 Å². The van der Waals surface area contributed by atoms with Crippen LogP contribution in [0.1, 0.15) is 37.4 Å². The number of amides is 1. The number of aryl methyl sites for hydroxylation is 1. The van der Waals surface area contributed by atoms with E-state index in [0.29, 0.717) is 19.2 Å². The van der Waals surface area contributed by atoms with E-state index in [4.69, 9.17) is 20.2 Å². The van der Waals surface area contributed by atoms with Gasteiger partial charge in [0.15, 0.2) is 0 Å². The Balaban J connectivity index is 1.21. The fourth-order valence-corrected chi connectivity index (χ4v) is 5.02. The molecule has 9 heteroatoms. The molecule has 1 amide bonds. The zero-order valence-corrected chi connectivity index (χ0v) is 20.7. The Morgan fingerprint density at radius 3 is 2.81 bits per heavy atom. The lowest BCUT2D eigenvalue weighted by Crippen LogP contribution is -2.43. The fraction of sp³-hybridized carbons (Fsp3) is 0.444. The highest BCUT2D eigenvalue weighted by Gasteiger charge is 2.29. The topological polar surface area (TPSA) is 111 Å². The van der Waals surface area contributed by atoms with Crippen molar-refractivity contribution in [1.82, 2.24) is 24.4 Å². The summed E-state index contributed by atoms with van der Waals surface area (Å²) in [5, 5.41) is 0. The summed E-state index contributed by atoms with van der Waals surface area (Å²) in [7, 11) is 1.73. The molecule has 1 aliphatic heterocycles. The third-order valence-corrected chi connectivity index (χ3v) is 6.79. The SMILES string of the molecule is COCCCn1c(C2CCCN(C(=O)CC(N)COc3nc4ccccc4[nH]3)C2)nc2ccccc21. The average Bonchev–Trinajstić information content (AvgIpc) is 3.49. The molecule has 0 aliphatic carbocycles. The highest BCUT2D eigenvalue weighted by Crippen LogP contribution is 2.30. The number of hydrogen-bond acceptors (Lipinski definition) is 6. The monoisotopic (exact) mass is 490 g/mol. The van der Waals surface area contributed by atoms with Crippen molar-refractivity contribution in [2.24, 2.45) is 5.73 Å². The van der Waals surface area contributed by atoms with E-state index < -0.39 is 6.04 Å². The highest BCUT2D eigenvalue weighted by atomic mass is 16.5. The van der Waals surface area contributed by atoms with Crippen LogP contribution in [-0.4, -0.2) is 69.8 Å². The number of aromatic amines is 1. The summed E-state index contributed by atoms with van der Waals surface area (Å²) in [5.41, 5.74) is 10.1.